The number of amides is 2. The van der Waals surface area contributed by atoms with Crippen LogP contribution >= 0.6 is 0 Å². The quantitative estimate of drug-likeness (QED) is 0.638. The first-order chi connectivity index (χ1) is 13.9. The Morgan fingerprint density at radius 1 is 0.966 bits per heavy atom. The van der Waals surface area contributed by atoms with E-state index in [0.29, 0.717) is 30.1 Å². The van der Waals surface area contributed by atoms with Gasteiger partial charge < -0.3 is 10.6 Å². The van der Waals surface area contributed by atoms with Gasteiger partial charge in [-0.25, -0.2) is 14.2 Å². The fourth-order valence-corrected chi connectivity index (χ4v) is 3.06. The highest BCUT2D eigenvalue weighted by atomic mass is 19.1. The van der Waals surface area contributed by atoms with Crippen molar-refractivity contribution >= 4 is 34.5 Å². The second-order valence-corrected chi connectivity index (χ2v) is 6.39. The topological polar surface area (TPSA) is 98.0 Å². The van der Waals surface area contributed by atoms with Crippen LogP contribution in [-0.4, -0.2) is 25.9 Å². The molecule has 0 aliphatic rings. The molecule has 0 unspecified atom stereocenters. The van der Waals surface area contributed by atoms with Gasteiger partial charge in [0.1, 0.15) is 11.6 Å². The molecule has 0 atom stereocenters. The van der Waals surface area contributed by atoms with Gasteiger partial charge >= 0.3 is 5.69 Å². The van der Waals surface area contributed by atoms with Crippen LogP contribution in [0.3, 0.4) is 0 Å². The molecule has 0 saturated carbocycles. The fraction of sp³-hybridized carbons (Fsp3) is 0.300. The summed E-state index contributed by atoms with van der Waals surface area (Å²) < 4.78 is 16.7. The second-order valence-electron chi connectivity index (χ2n) is 6.39. The van der Waals surface area contributed by atoms with Crippen molar-refractivity contribution in [3.8, 4) is 0 Å². The molecule has 2 aromatic heterocycles. The van der Waals surface area contributed by atoms with Crippen LogP contribution in [0.25, 0.3) is 11.2 Å². The summed E-state index contributed by atoms with van der Waals surface area (Å²) in [5.41, 5.74) is 1.12. The zero-order chi connectivity index (χ0) is 21.0. The smallest absolute Gasteiger partial charge is 0.324 e. The Hall–Kier alpha value is -3.49. The largest absolute Gasteiger partial charge is 0.330 e. The number of aryl methyl sites for hydroxylation is 2. The average molecular weight is 399 g/mol. The number of anilines is 2. The fourth-order valence-electron chi connectivity index (χ4n) is 3.06. The molecule has 0 bridgehead atoms. The first-order valence-corrected chi connectivity index (χ1v) is 9.38. The van der Waals surface area contributed by atoms with Crippen molar-refractivity contribution in [2.45, 2.75) is 39.8 Å². The predicted octanol–water partition coefficient (Wildman–Crippen LogP) is 2.73. The summed E-state index contributed by atoms with van der Waals surface area (Å²) in [6, 6.07) is 9.17. The molecule has 3 aromatic rings. The van der Waals surface area contributed by atoms with E-state index in [0.717, 1.165) is 0 Å². The van der Waals surface area contributed by atoms with E-state index in [1.165, 1.54) is 22.8 Å². The molecule has 9 heteroatoms. The highest BCUT2D eigenvalue weighted by Crippen LogP contribution is 2.16. The minimum Gasteiger partial charge on any atom is -0.324 e. The lowest BCUT2D eigenvalue weighted by Gasteiger charge is -2.07. The molecule has 0 saturated heterocycles. The van der Waals surface area contributed by atoms with E-state index < -0.39 is 17.6 Å². The number of imidazole rings is 1. The van der Waals surface area contributed by atoms with Gasteiger partial charge in [-0.05, 0) is 38.1 Å². The minimum atomic E-state index is -0.538. The van der Waals surface area contributed by atoms with Crippen molar-refractivity contribution in [1.29, 1.82) is 0 Å². The number of carbonyl (C=O) groups excluding carboxylic acids is 2. The number of hydrogen-bond donors (Lipinski definition) is 2. The lowest BCUT2D eigenvalue weighted by Crippen LogP contribution is -2.23. The number of rotatable bonds is 7. The zero-order valence-electron chi connectivity index (χ0n) is 16.2. The van der Waals surface area contributed by atoms with Crippen LogP contribution in [0, 0.1) is 5.82 Å². The summed E-state index contributed by atoms with van der Waals surface area (Å²) >= 11 is 0. The Labute approximate surface area is 166 Å². The standard InChI is InChI=1S/C20H22FN5O3/c1-3-25-15-9-10-16(24-19(15)26(4-2)20(25)29)23-18(28)12-11-17(27)22-14-8-6-5-7-13(14)21/h5-10H,3-4,11-12H2,1-2H3,(H,22,27)(H,23,24,28). The summed E-state index contributed by atoms with van der Waals surface area (Å²) in [6.07, 6.45) is -0.190. The maximum Gasteiger partial charge on any atom is 0.330 e. The van der Waals surface area contributed by atoms with Crippen LogP contribution in [0.4, 0.5) is 15.9 Å². The van der Waals surface area contributed by atoms with Crippen LogP contribution < -0.4 is 16.3 Å². The second kappa shape index (κ2) is 8.68. The third-order valence-electron chi connectivity index (χ3n) is 4.49. The maximum absolute atomic E-state index is 13.6. The van der Waals surface area contributed by atoms with E-state index in [9.17, 15) is 18.8 Å². The van der Waals surface area contributed by atoms with Gasteiger partial charge in [-0.1, -0.05) is 12.1 Å². The number of fused-ring (bicyclic) bond motifs is 1. The number of pyridine rings is 1. The maximum atomic E-state index is 13.6. The summed E-state index contributed by atoms with van der Waals surface area (Å²) in [5.74, 6) is -1.11. The summed E-state index contributed by atoms with van der Waals surface area (Å²) in [4.78, 5) is 40.9. The van der Waals surface area contributed by atoms with E-state index in [1.807, 2.05) is 13.8 Å². The summed E-state index contributed by atoms with van der Waals surface area (Å²) in [5, 5.41) is 5.07. The number of carbonyl (C=O) groups is 2. The van der Waals surface area contributed by atoms with Crippen LogP contribution in [0.1, 0.15) is 26.7 Å². The van der Waals surface area contributed by atoms with Gasteiger partial charge in [-0.3, -0.25) is 18.7 Å². The van der Waals surface area contributed by atoms with Gasteiger partial charge in [0.25, 0.3) is 0 Å². The third-order valence-corrected chi connectivity index (χ3v) is 4.49. The molecule has 0 aliphatic carbocycles. The first-order valence-electron chi connectivity index (χ1n) is 9.38. The van der Waals surface area contributed by atoms with E-state index in [1.54, 1.807) is 22.8 Å². The number of halogens is 1. The summed E-state index contributed by atoms with van der Waals surface area (Å²) in [7, 11) is 0. The van der Waals surface area contributed by atoms with Crippen molar-refractivity contribution in [1.82, 2.24) is 14.1 Å². The predicted molar refractivity (Wildman–Crippen MR) is 108 cm³/mol. The Morgan fingerprint density at radius 3 is 2.28 bits per heavy atom. The summed E-state index contributed by atoms with van der Waals surface area (Å²) in [6.45, 7) is 4.71. The lowest BCUT2D eigenvalue weighted by atomic mass is 10.2. The SMILES string of the molecule is CCn1c(=O)n(CC)c2nc(NC(=O)CCC(=O)Nc3ccccc3F)ccc21. The first kappa shape index (κ1) is 20.2. The monoisotopic (exact) mass is 399 g/mol. The van der Waals surface area contributed by atoms with E-state index >= 15 is 0 Å². The van der Waals surface area contributed by atoms with Gasteiger partial charge in [0.05, 0.1) is 11.2 Å². The zero-order valence-corrected chi connectivity index (χ0v) is 16.2. The van der Waals surface area contributed by atoms with Crippen molar-refractivity contribution in [2.75, 3.05) is 10.6 Å². The average Bonchev–Trinajstić information content (AvgIpc) is 2.98. The molecule has 0 aliphatic heterocycles. The molecule has 8 nitrogen and oxygen atoms in total. The number of nitrogens with zero attached hydrogens (tertiary/aromatic N) is 3. The van der Waals surface area contributed by atoms with Crippen molar-refractivity contribution in [3.63, 3.8) is 0 Å². The van der Waals surface area contributed by atoms with Crippen molar-refractivity contribution in [2.24, 2.45) is 0 Å². The highest BCUT2D eigenvalue weighted by Gasteiger charge is 2.14. The van der Waals surface area contributed by atoms with Crippen molar-refractivity contribution < 1.29 is 14.0 Å². The molecule has 2 amide bonds. The Kier molecular flexibility index (Phi) is 6.06. The minimum absolute atomic E-state index is 0.0722. The molecule has 1 aromatic carbocycles. The number of para-hydroxylation sites is 1. The molecule has 0 fully saturated rings. The van der Waals surface area contributed by atoms with Gasteiger partial charge in [0.2, 0.25) is 11.8 Å². The van der Waals surface area contributed by atoms with Crippen LogP contribution in [-0.2, 0) is 22.7 Å². The van der Waals surface area contributed by atoms with Gasteiger partial charge in [0.15, 0.2) is 5.65 Å². The van der Waals surface area contributed by atoms with Crippen molar-refractivity contribution in [3.05, 3.63) is 52.7 Å². The molecule has 0 radical (unpaired) electrons. The molecular formula is C20H22FN5O3. The van der Waals surface area contributed by atoms with E-state index in [2.05, 4.69) is 15.6 Å². The molecule has 2 heterocycles. The van der Waals surface area contributed by atoms with E-state index in [4.69, 9.17) is 0 Å². The molecule has 0 spiro atoms. The molecular weight excluding hydrogens is 377 g/mol. The van der Waals surface area contributed by atoms with Gasteiger partial charge in [-0.2, -0.15) is 0 Å². The number of nitrogens with one attached hydrogen (secondary N) is 2. The lowest BCUT2D eigenvalue weighted by molar-refractivity contribution is -0.121. The van der Waals surface area contributed by atoms with Gasteiger partial charge in [-0.15, -0.1) is 0 Å². The van der Waals surface area contributed by atoms with E-state index in [-0.39, 0.29) is 24.2 Å². The molecule has 2 N–H and O–H groups in total. The Bertz CT molecular complexity index is 1120. The molecule has 29 heavy (non-hydrogen) atoms. The number of benzene rings is 1. The Balaban J connectivity index is 1.65. The van der Waals surface area contributed by atoms with Gasteiger partial charge in [0, 0.05) is 25.9 Å². The Morgan fingerprint density at radius 2 is 1.62 bits per heavy atom. The van der Waals surface area contributed by atoms with Crippen LogP contribution in [0.15, 0.2) is 41.2 Å². The normalized spacial score (nSPS) is 10.9. The number of hydrogen-bond acceptors (Lipinski definition) is 4. The highest BCUT2D eigenvalue weighted by molar-refractivity contribution is 5.96. The molecule has 3 rings (SSSR count). The van der Waals surface area contributed by atoms with Crippen LogP contribution in [0.2, 0.25) is 0 Å². The molecule has 152 valence electrons. The third kappa shape index (κ3) is 4.34. The number of aromatic nitrogens is 3. The van der Waals surface area contributed by atoms with Crippen LogP contribution in [0.5, 0.6) is 0 Å².